The number of hydrogen-bond acceptors (Lipinski definition) is 5. The molecule has 186 valence electrons. The first-order chi connectivity index (χ1) is 18.0. The average molecular weight is 496 g/mol. The molecule has 0 bridgehead atoms. The summed E-state index contributed by atoms with van der Waals surface area (Å²) < 4.78 is 0. The van der Waals surface area contributed by atoms with Crippen molar-refractivity contribution in [1.29, 1.82) is 0 Å². The molecule has 1 aromatic heterocycles. The minimum absolute atomic E-state index is 0.198. The van der Waals surface area contributed by atoms with Gasteiger partial charge in [0.25, 0.3) is 11.8 Å². The number of hydrogen-bond donors (Lipinski definition) is 3. The van der Waals surface area contributed by atoms with E-state index >= 15 is 0 Å². The summed E-state index contributed by atoms with van der Waals surface area (Å²) >= 11 is 0. The fourth-order valence-corrected chi connectivity index (χ4v) is 4.49. The van der Waals surface area contributed by atoms with Crippen molar-refractivity contribution >= 4 is 35.0 Å². The molecule has 2 aromatic carbocycles. The summed E-state index contributed by atoms with van der Waals surface area (Å²) in [7, 11) is 0. The average Bonchev–Trinajstić information content (AvgIpc) is 2.94. The second-order valence-corrected chi connectivity index (χ2v) is 8.89. The molecule has 4 amide bonds. The molecule has 2 atom stereocenters. The van der Waals surface area contributed by atoms with Gasteiger partial charge in [-0.2, -0.15) is 0 Å². The molecule has 2 unspecified atom stereocenters. The lowest BCUT2D eigenvalue weighted by molar-refractivity contribution is -0.139. The standard InChI is InChI=1S/C28H25N5O4/c34-25(30-17-21-9-3-4-14-29-21)18-7-5-10-20(15-18)31-26(35)19-8-6-11-22(16-19)33-28(37)24-13-2-1-12-23(24)27(36)32-33/h1-11,14-16,23-24H,12-13,17H2,(H,30,34)(H,31,35)(H,32,36). The number of rotatable bonds is 6. The summed E-state index contributed by atoms with van der Waals surface area (Å²) in [5.74, 6) is -1.89. The van der Waals surface area contributed by atoms with E-state index in [9.17, 15) is 19.2 Å². The van der Waals surface area contributed by atoms with Gasteiger partial charge < -0.3 is 10.6 Å². The highest BCUT2D eigenvalue weighted by molar-refractivity contribution is 6.08. The van der Waals surface area contributed by atoms with E-state index in [1.165, 1.54) is 5.01 Å². The molecule has 2 aliphatic rings. The van der Waals surface area contributed by atoms with Gasteiger partial charge in [-0.3, -0.25) is 29.6 Å². The number of hydrazine groups is 1. The van der Waals surface area contributed by atoms with Gasteiger partial charge in [-0.1, -0.05) is 30.4 Å². The molecule has 37 heavy (non-hydrogen) atoms. The van der Waals surface area contributed by atoms with Gasteiger partial charge in [0.15, 0.2) is 0 Å². The second-order valence-electron chi connectivity index (χ2n) is 8.89. The largest absolute Gasteiger partial charge is 0.346 e. The highest BCUT2D eigenvalue weighted by atomic mass is 16.2. The number of carbonyl (C=O) groups excluding carboxylic acids is 4. The van der Waals surface area contributed by atoms with E-state index in [0.717, 1.165) is 5.69 Å². The van der Waals surface area contributed by atoms with Crippen molar-refractivity contribution in [1.82, 2.24) is 15.7 Å². The number of allylic oxidation sites excluding steroid dienone is 2. The molecule has 0 spiro atoms. The molecule has 1 saturated heterocycles. The number of anilines is 2. The molecular formula is C28H25N5O4. The number of nitrogens with zero attached hydrogens (tertiary/aromatic N) is 2. The number of benzene rings is 2. The van der Waals surface area contributed by atoms with Crippen LogP contribution in [0.25, 0.3) is 0 Å². The lowest BCUT2D eigenvalue weighted by Crippen LogP contribution is -2.59. The van der Waals surface area contributed by atoms with Crippen LogP contribution in [0.1, 0.15) is 39.3 Å². The van der Waals surface area contributed by atoms with E-state index in [-0.39, 0.29) is 30.2 Å². The Morgan fingerprint density at radius 2 is 1.65 bits per heavy atom. The molecule has 3 N–H and O–H groups in total. The maximum Gasteiger partial charge on any atom is 0.255 e. The summed E-state index contributed by atoms with van der Waals surface area (Å²) in [5.41, 5.74) is 4.95. The summed E-state index contributed by atoms with van der Waals surface area (Å²) in [6.07, 6.45) is 6.56. The third kappa shape index (κ3) is 5.25. The van der Waals surface area contributed by atoms with E-state index < -0.39 is 11.8 Å². The molecule has 1 aliphatic heterocycles. The number of aromatic nitrogens is 1. The smallest absolute Gasteiger partial charge is 0.255 e. The minimum atomic E-state index is -0.415. The fourth-order valence-electron chi connectivity index (χ4n) is 4.49. The first-order valence-electron chi connectivity index (χ1n) is 12.0. The van der Waals surface area contributed by atoms with Crippen molar-refractivity contribution in [3.05, 3.63) is 102 Å². The molecule has 3 aromatic rings. The maximum absolute atomic E-state index is 13.1. The highest BCUT2D eigenvalue weighted by Gasteiger charge is 2.42. The van der Waals surface area contributed by atoms with Crippen LogP contribution in [0.3, 0.4) is 0 Å². The Balaban J connectivity index is 1.27. The van der Waals surface area contributed by atoms with Gasteiger partial charge >= 0.3 is 0 Å². The van der Waals surface area contributed by atoms with E-state index in [1.54, 1.807) is 60.8 Å². The van der Waals surface area contributed by atoms with E-state index in [1.807, 2.05) is 24.3 Å². The van der Waals surface area contributed by atoms with E-state index in [2.05, 4.69) is 21.0 Å². The van der Waals surface area contributed by atoms with Gasteiger partial charge in [-0.25, -0.2) is 5.01 Å². The molecule has 1 aliphatic carbocycles. The van der Waals surface area contributed by atoms with Crippen molar-refractivity contribution in [2.75, 3.05) is 10.3 Å². The maximum atomic E-state index is 13.1. The van der Waals surface area contributed by atoms with Gasteiger partial charge in [0.2, 0.25) is 11.8 Å². The highest BCUT2D eigenvalue weighted by Crippen LogP contribution is 2.32. The number of carbonyl (C=O) groups is 4. The van der Waals surface area contributed by atoms with Crippen LogP contribution in [-0.4, -0.2) is 28.6 Å². The van der Waals surface area contributed by atoms with Crippen LogP contribution in [0.5, 0.6) is 0 Å². The summed E-state index contributed by atoms with van der Waals surface area (Å²) in [6.45, 7) is 0.284. The van der Waals surface area contributed by atoms with Crippen LogP contribution in [0.15, 0.2) is 85.1 Å². The predicted octanol–water partition coefficient (Wildman–Crippen LogP) is 3.22. The Morgan fingerprint density at radius 1 is 0.892 bits per heavy atom. The third-order valence-electron chi connectivity index (χ3n) is 6.43. The number of nitrogens with one attached hydrogen (secondary N) is 3. The first-order valence-corrected chi connectivity index (χ1v) is 12.0. The quantitative estimate of drug-likeness (QED) is 0.454. The summed E-state index contributed by atoms with van der Waals surface area (Å²) in [4.78, 5) is 55.4. The monoisotopic (exact) mass is 495 g/mol. The molecule has 2 heterocycles. The van der Waals surface area contributed by atoms with E-state index in [0.29, 0.717) is 35.3 Å². The van der Waals surface area contributed by atoms with Crippen molar-refractivity contribution in [2.45, 2.75) is 19.4 Å². The first kappa shape index (κ1) is 23.9. The van der Waals surface area contributed by atoms with Crippen LogP contribution < -0.4 is 21.1 Å². The van der Waals surface area contributed by atoms with Crippen molar-refractivity contribution in [3.63, 3.8) is 0 Å². The van der Waals surface area contributed by atoms with Crippen molar-refractivity contribution in [3.8, 4) is 0 Å². The van der Waals surface area contributed by atoms with Crippen molar-refractivity contribution < 1.29 is 19.2 Å². The molecule has 9 heteroatoms. The second kappa shape index (κ2) is 10.4. The van der Waals surface area contributed by atoms with Crippen molar-refractivity contribution in [2.24, 2.45) is 11.8 Å². The van der Waals surface area contributed by atoms with Gasteiger partial charge in [0, 0.05) is 23.0 Å². The third-order valence-corrected chi connectivity index (χ3v) is 6.43. The Hall–Kier alpha value is -4.79. The van der Waals surface area contributed by atoms with Gasteiger partial charge in [-0.05, 0) is 61.4 Å². The number of fused-ring (bicyclic) bond motifs is 1. The van der Waals surface area contributed by atoms with E-state index in [4.69, 9.17) is 0 Å². The predicted molar refractivity (Wildman–Crippen MR) is 137 cm³/mol. The number of pyridine rings is 1. The topological polar surface area (TPSA) is 120 Å². The summed E-state index contributed by atoms with van der Waals surface area (Å²) in [6, 6.07) is 18.6. The lowest BCUT2D eigenvalue weighted by atomic mass is 9.80. The minimum Gasteiger partial charge on any atom is -0.346 e. The van der Waals surface area contributed by atoms with Crippen LogP contribution >= 0.6 is 0 Å². The van der Waals surface area contributed by atoms with Crippen LogP contribution in [0.2, 0.25) is 0 Å². The Morgan fingerprint density at radius 3 is 2.43 bits per heavy atom. The Labute approximate surface area is 213 Å². The molecular weight excluding hydrogens is 470 g/mol. The van der Waals surface area contributed by atoms with Crippen LogP contribution in [-0.2, 0) is 16.1 Å². The molecule has 1 fully saturated rings. The molecule has 0 radical (unpaired) electrons. The van der Waals surface area contributed by atoms with Gasteiger partial charge in [-0.15, -0.1) is 0 Å². The Bertz CT molecular complexity index is 1390. The fraction of sp³-hybridized carbons (Fsp3) is 0.179. The molecule has 0 saturated carbocycles. The Kier molecular flexibility index (Phi) is 6.76. The van der Waals surface area contributed by atoms with Crippen LogP contribution in [0, 0.1) is 11.8 Å². The number of amides is 4. The normalized spacial score (nSPS) is 18.5. The van der Waals surface area contributed by atoms with Crippen LogP contribution in [0.4, 0.5) is 11.4 Å². The molecule has 9 nitrogen and oxygen atoms in total. The zero-order chi connectivity index (χ0) is 25.8. The van der Waals surface area contributed by atoms with Gasteiger partial charge in [0.05, 0.1) is 29.8 Å². The summed E-state index contributed by atoms with van der Waals surface area (Å²) in [5, 5.41) is 6.83. The van der Waals surface area contributed by atoms with Gasteiger partial charge in [0.1, 0.15) is 0 Å². The zero-order valence-electron chi connectivity index (χ0n) is 19.9. The zero-order valence-corrected chi connectivity index (χ0v) is 19.9. The SMILES string of the molecule is O=C(NCc1ccccn1)c1cccc(NC(=O)c2cccc(N3NC(=O)C4CC=CCC4C3=O)c2)c1. The lowest BCUT2D eigenvalue weighted by Gasteiger charge is -2.38. The molecule has 5 rings (SSSR count).